The van der Waals surface area contributed by atoms with Crippen molar-refractivity contribution in [2.75, 3.05) is 26.2 Å². The highest BCUT2D eigenvalue weighted by molar-refractivity contribution is 5.91. The summed E-state index contributed by atoms with van der Waals surface area (Å²) in [7, 11) is 0. The molecule has 7 heteroatoms. The molecule has 0 aromatic carbocycles. The van der Waals surface area contributed by atoms with Crippen LogP contribution in [0.3, 0.4) is 0 Å². The molecule has 23 heavy (non-hydrogen) atoms. The third-order valence-corrected chi connectivity index (χ3v) is 3.89. The van der Waals surface area contributed by atoms with Crippen molar-refractivity contribution in [3.63, 3.8) is 0 Å². The fourth-order valence-electron chi connectivity index (χ4n) is 2.48. The Labute approximate surface area is 135 Å². The van der Waals surface area contributed by atoms with Gasteiger partial charge in [-0.15, -0.1) is 0 Å². The van der Waals surface area contributed by atoms with E-state index < -0.39 is 0 Å². The van der Waals surface area contributed by atoms with Gasteiger partial charge in [0.05, 0.1) is 12.8 Å². The number of carbonyl (C=O) groups is 1. The zero-order valence-corrected chi connectivity index (χ0v) is 13.8. The van der Waals surface area contributed by atoms with Gasteiger partial charge in [-0.1, -0.05) is 25.9 Å². The Kier molecular flexibility index (Phi) is 4.21. The van der Waals surface area contributed by atoms with Crippen LogP contribution >= 0.6 is 0 Å². The summed E-state index contributed by atoms with van der Waals surface area (Å²) in [5.41, 5.74) is -0.115. The van der Waals surface area contributed by atoms with Crippen LogP contribution < -0.4 is 0 Å². The van der Waals surface area contributed by atoms with E-state index in [9.17, 15) is 4.79 Å². The molecule has 1 saturated heterocycles. The highest BCUT2D eigenvalue weighted by Gasteiger charge is 2.26. The Hall–Kier alpha value is -2.15. The minimum Gasteiger partial charge on any atom is -0.459 e. The van der Waals surface area contributed by atoms with E-state index in [4.69, 9.17) is 8.94 Å². The lowest BCUT2D eigenvalue weighted by Crippen LogP contribution is -2.48. The van der Waals surface area contributed by atoms with Crippen molar-refractivity contribution in [2.45, 2.75) is 32.7 Å². The second-order valence-corrected chi connectivity index (χ2v) is 6.81. The number of furan rings is 1. The monoisotopic (exact) mass is 318 g/mol. The van der Waals surface area contributed by atoms with Crippen molar-refractivity contribution in [1.82, 2.24) is 19.9 Å². The molecule has 0 unspecified atom stereocenters. The van der Waals surface area contributed by atoms with Gasteiger partial charge < -0.3 is 13.8 Å². The summed E-state index contributed by atoms with van der Waals surface area (Å²) >= 11 is 0. The smallest absolute Gasteiger partial charge is 0.289 e. The molecule has 0 bridgehead atoms. The molecule has 1 fully saturated rings. The van der Waals surface area contributed by atoms with Crippen LogP contribution in [-0.2, 0) is 12.0 Å². The van der Waals surface area contributed by atoms with E-state index in [1.54, 1.807) is 12.1 Å². The first-order valence-corrected chi connectivity index (χ1v) is 7.82. The predicted octanol–water partition coefficient (Wildman–Crippen LogP) is 1.92. The Morgan fingerprint density at radius 1 is 1.26 bits per heavy atom. The van der Waals surface area contributed by atoms with Gasteiger partial charge >= 0.3 is 0 Å². The van der Waals surface area contributed by atoms with E-state index in [1.165, 1.54) is 6.26 Å². The molecule has 1 amide bonds. The number of piperazine rings is 1. The second-order valence-electron chi connectivity index (χ2n) is 6.81. The maximum Gasteiger partial charge on any atom is 0.289 e. The van der Waals surface area contributed by atoms with Gasteiger partial charge in [0.25, 0.3) is 5.91 Å². The minimum atomic E-state index is -0.115. The van der Waals surface area contributed by atoms with Gasteiger partial charge in [-0.25, -0.2) is 0 Å². The van der Waals surface area contributed by atoms with E-state index in [2.05, 4.69) is 35.8 Å². The normalized spacial score (nSPS) is 16.7. The molecular formula is C16H22N4O3. The summed E-state index contributed by atoms with van der Waals surface area (Å²) in [6.07, 6.45) is 1.52. The molecule has 0 saturated carbocycles. The molecule has 3 rings (SSSR count). The lowest BCUT2D eigenvalue weighted by atomic mass is 9.96. The van der Waals surface area contributed by atoms with Crippen LogP contribution in [0.2, 0.25) is 0 Å². The largest absolute Gasteiger partial charge is 0.459 e. The first-order valence-electron chi connectivity index (χ1n) is 7.82. The number of rotatable bonds is 3. The summed E-state index contributed by atoms with van der Waals surface area (Å²) in [6.45, 7) is 9.67. The fourth-order valence-corrected chi connectivity index (χ4v) is 2.48. The number of carbonyl (C=O) groups excluding carboxylic acids is 1. The summed E-state index contributed by atoms with van der Waals surface area (Å²) in [4.78, 5) is 20.7. The number of hydrogen-bond donors (Lipinski definition) is 0. The Balaban J connectivity index is 1.53. The maximum absolute atomic E-state index is 12.2. The van der Waals surface area contributed by atoms with Crippen LogP contribution in [-0.4, -0.2) is 52.0 Å². The molecular weight excluding hydrogens is 296 g/mol. The van der Waals surface area contributed by atoms with Crippen LogP contribution in [0.5, 0.6) is 0 Å². The number of amides is 1. The van der Waals surface area contributed by atoms with E-state index in [0.29, 0.717) is 31.3 Å². The van der Waals surface area contributed by atoms with Gasteiger partial charge in [0.15, 0.2) is 11.6 Å². The van der Waals surface area contributed by atoms with Crippen LogP contribution in [0.1, 0.15) is 43.0 Å². The summed E-state index contributed by atoms with van der Waals surface area (Å²) in [6, 6.07) is 3.42. The molecule has 0 atom stereocenters. The number of hydrogen-bond acceptors (Lipinski definition) is 6. The summed E-state index contributed by atoms with van der Waals surface area (Å²) in [5, 5.41) is 4.04. The molecule has 3 heterocycles. The van der Waals surface area contributed by atoms with Crippen molar-refractivity contribution in [3.8, 4) is 0 Å². The lowest BCUT2D eigenvalue weighted by Gasteiger charge is -2.33. The molecule has 7 nitrogen and oxygen atoms in total. The third-order valence-electron chi connectivity index (χ3n) is 3.89. The Morgan fingerprint density at radius 3 is 2.57 bits per heavy atom. The average molecular weight is 318 g/mol. The van der Waals surface area contributed by atoms with Crippen molar-refractivity contribution >= 4 is 5.91 Å². The topological polar surface area (TPSA) is 75.6 Å². The van der Waals surface area contributed by atoms with Crippen molar-refractivity contribution in [1.29, 1.82) is 0 Å². The van der Waals surface area contributed by atoms with E-state index in [0.717, 1.165) is 18.9 Å². The Morgan fingerprint density at radius 2 is 2.00 bits per heavy atom. The molecule has 124 valence electrons. The summed E-state index contributed by atoms with van der Waals surface area (Å²) < 4.78 is 10.5. The van der Waals surface area contributed by atoms with Crippen molar-refractivity contribution < 1.29 is 13.7 Å². The molecule has 2 aromatic heterocycles. The number of aromatic nitrogens is 2. The van der Waals surface area contributed by atoms with Crippen LogP contribution in [0.15, 0.2) is 27.3 Å². The molecule has 0 aliphatic carbocycles. The van der Waals surface area contributed by atoms with Gasteiger partial charge in [0.1, 0.15) is 0 Å². The van der Waals surface area contributed by atoms with Gasteiger partial charge in [0.2, 0.25) is 5.89 Å². The third kappa shape index (κ3) is 3.61. The van der Waals surface area contributed by atoms with Gasteiger partial charge in [0, 0.05) is 31.6 Å². The predicted molar refractivity (Wildman–Crippen MR) is 82.9 cm³/mol. The maximum atomic E-state index is 12.2. The molecule has 0 radical (unpaired) electrons. The summed E-state index contributed by atoms with van der Waals surface area (Å²) in [5.74, 6) is 1.69. The molecule has 0 N–H and O–H groups in total. The van der Waals surface area contributed by atoms with E-state index in [-0.39, 0.29) is 11.3 Å². The van der Waals surface area contributed by atoms with E-state index >= 15 is 0 Å². The molecule has 1 aliphatic heterocycles. The average Bonchev–Trinajstić information content (AvgIpc) is 3.18. The fraction of sp³-hybridized carbons (Fsp3) is 0.562. The standard InChI is InChI=1S/C16H22N4O3/c1-16(2,3)15-17-13(23-18-15)11-19-6-8-20(9-7-19)14(21)12-5-4-10-22-12/h4-5,10H,6-9,11H2,1-3H3. The Bertz CT molecular complexity index is 649. The zero-order valence-electron chi connectivity index (χ0n) is 13.8. The first kappa shape index (κ1) is 15.7. The lowest BCUT2D eigenvalue weighted by molar-refractivity contribution is 0.0585. The van der Waals surface area contributed by atoms with Gasteiger partial charge in [-0.3, -0.25) is 9.69 Å². The van der Waals surface area contributed by atoms with E-state index in [1.807, 2.05) is 4.90 Å². The van der Waals surface area contributed by atoms with Gasteiger partial charge in [-0.05, 0) is 12.1 Å². The number of nitrogens with zero attached hydrogens (tertiary/aromatic N) is 4. The minimum absolute atomic E-state index is 0.0533. The highest BCUT2D eigenvalue weighted by atomic mass is 16.5. The first-order chi connectivity index (χ1) is 10.9. The van der Waals surface area contributed by atoms with Gasteiger partial charge in [-0.2, -0.15) is 4.98 Å². The molecule has 0 spiro atoms. The van der Waals surface area contributed by atoms with Crippen LogP contribution in [0, 0.1) is 0 Å². The molecule has 2 aromatic rings. The van der Waals surface area contributed by atoms with Crippen LogP contribution in [0.25, 0.3) is 0 Å². The van der Waals surface area contributed by atoms with Crippen molar-refractivity contribution in [2.24, 2.45) is 0 Å². The quantitative estimate of drug-likeness (QED) is 0.860. The SMILES string of the molecule is CC(C)(C)c1noc(CN2CCN(C(=O)c3ccco3)CC2)n1. The second kappa shape index (κ2) is 6.16. The zero-order chi connectivity index (χ0) is 16.4. The molecule has 1 aliphatic rings. The van der Waals surface area contributed by atoms with Crippen molar-refractivity contribution in [3.05, 3.63) is 35.9 Å². The highest BCUT2D eigenvalue weighted by Crippen LogP contribution is 2.19. The van der Waals surface area contributed by atoms with Crippen LogP contribution in [0.4, 0.5) is 0 Å².